The summed E-state index contributed by atoms with van der Waals surface area (Å²) in [4.78, 5) is 95.5. The van der Waals surface area contributed by atoms with Crippen molar-refractivity contribution in [2.24, 2.45) is 0 Å². The summed E-state index contributed by atoms with van der Waals surface area (Å²) in [5.41, 5.74) is 5.64. The molecule has 2 aromatic carbocycles. The van der Waals surface area contributed by atoms with E-state index in [9.17, 15) is 28.8 Å². The van der Waals surface area contributed by atoms with Crippen molar-refractivity contribution in [3.8, 4) is 0 Å². The lowest BCUT2D eigenvalue weighted by Gasteiger charge is -2.32. The van der Waals surface area contributed by atoms with Crippen LogP contribution in [0.5, 0.6) is 0 Å². The number of rotatable bonds is 31. The van der Waals surface area contributed by atoms with Gasteiger partial charge in [0.05, 0.1) is 33.0 Å². The van der Waals surface area contributed by atoms with Crippen LogP contribution in [0.25, 0.3) is 0 Å². The average molecular weight is 1070 g/mol. The molecule has 1 aliphatic heterocycles. The van der Waals surface area contributed by atoms with Gasteiger partial charge in [0, 0.05) is 54.1 Å². The SMILES string of the molecule is CCOC(=O)C(CCc1ccccc1)N[C@@H](CCCCNC(=O)OCCSSCCOC(=O)CCCOCC1=C(CC)C(c2ccccc2Cl)C(C(=O)OC)=C(C)C1)C(=O)N1CCC[C@H]1C(=O)OCC.O=C=O. The normalized spacial score (nSPS) is 16.1. The van der Waals surface area contributed by atoms with Gasteiger partial charge in [-0.25, -0.2) is 14.4 Å². The van der Waals surface area contributed by atoms with Gasteiger partial charge >= 0.3 is 36.1 Å². The predicted molar refractivity (Wildman–Crippen MR) is 278 cm³/mol. The maximum atomic E-state index is 14.0. The Kier molecular flexibility index (Phi) is 30.5. The summed E-state index contributed by atoms with van der Waals surface area (Å²) in [5, 5.41) is 6.64. The minimum atomic E-state index is -0.765. The zero-order valence-electron chi connectivity index (χ0n) is 42.7. The highest BCUT2D eigenvalue weighted by atomic mass is 35.5. The number of nitrogens with zero attached hydrogens (tertiary/aromatic N) is 1. The molecule has 73 heavy (non-hydrogen) atoms. The van der Waals surface area contributed by atoms with Crippen LogP contribution in [-0.4, -0.2) is 136 Å². The van der Waals surface area contributed by atoms with Gasteiger partial charge in [-0.05, 0) is 108 Å². The zero-order chi connectivity index (χ0) is 53.4. The van der Waals surface area contributed by atoms with Gasteiger partial charge in [0.2, 0.25) is 5.91 Å². The van der Waals surface area contributed by atoms with E-state index in [-0.39, 0.29) is 62.8 Å². The first-order chi connectivity index (χ1) is 35.3. The standard InChI is InChI=1S/C52H72ClN3O12S2.CO2/c1-6-39-38(34-36(4)46(51(61)63-5)47(39)40-20-12-13-21-41(40)53)35-64-29-17-24-45(57)67-30-32-69-70-33-31-68-52(62)54-27-15-14-22-42(48(58)56-28-16-23-44(56)50(60)66-8-3)55-43(49(59)65-7-2)26-25-37-18-10-9-11-19-37;2-1-3/h9-13,18-21,42-44,47,55H,6-8,14-17,22-35H2,1-5H3,(H,54,62);/t42-,43?,44-,47?;/m0./s1. The summed E-state index contributed by atoms with van der Waals surface area (Å²) >= 11 is 6.62. The molecular formula is C53H72ClN3O14S2. The molecule has 2 aliphatic rings. The van der Waals surface area contributed by atoms with Gasteiger partial charge in [-0.2, -0.15) is 9.59 Å². The van der Waals surface area contributed by atoms with Crippen molar-refractivity contribution in [2.45, 2.75) is 122 Å². The van der Waals surface area contributed by atoms with E-state index in [0.717, 1.165) is 27.8 Å². The number of carbonyl (C=O) groups is 6. The van der Waals surface area contributed by atoms with E-state index in [1.165, 1.54) is 28.7 Å². The second-order valence-corrected chi connectivity index (χ2v) is 20.1. The summed E-state index contributed by atoms with van der Waals surface area (Å²) in [6.45, 7) is 9.84. The minimum Gasteiger partial charge on any atom is -0.466 e. The Labute approximate surface area is 442 Å². The Bertz CT molecular complexity index is 2170. The number of esters is 4. The van der Waals surface area contributed by atoms with E-state index in [2.05, 4.69) is 17.6 Å². The van der Waals surface area contributed by atoms with Crippen LogP contribution in [-0.2, 0) is 68.4 Å². The van der Waals surface area contributed by atoms with E-state index >= 15 is 0 Å². The number of amides is 2. The van der Waals surface area contributed by atoms with E-state index < -0.39 is 36.2 Å². The number of nitrogens with one attached hydrogen (secondary N) is 2. The molecule has 1 fully saturated rings. The Morgan fingerprint density at radius 2 is 1.52 bits per heavy atom. The maximum Gasteiger partial charge on any atom is 0.407 e. The molecule has 0 aromatic heterocycles. The fourth-order valence-corrected chi connectivity index (χ4v) is 10.6. The summed E-state index contributed by atoms with van der Waals surface area (Å²) in [6.07, 6.45) is 5.41. The molecule has 0 bridgehead atoms. The number of unbranched alkanes of at least 4 members (excludes halogenated alkanes) is 1. The van der Waals surface area contributed by atoms with Crippen molar-refractivity contribution in [1.29, 1.82) is 0 Å². The number of hydrogen-bond acceptors (Lipinski definition) is 17. The first-order valence-corrected chi connectivity index (χ1v) is 27.8. The lowest BCUT2D eigenvalue weighted by Crippen LogP contribution is -2.54. The molecule has 402 valence electrons. The van der Waals surface area contributed by atoms with Gasteiger partial charge in [0.1, 0.15) is 25.3 Å². The third kappa shape index (κ3) is 21.7. The minimum absolute atomic E-state index is 0.194. The van der Waals surface area contributed by atoms with Gasteiger partial charge in [-0.3, -0.25) is 19.7 Å². The molecule has 2 amide bonds. The zero-order valence-corrected chi connectivity index (χ0v) is 45.1. The lowest BCUT2D eigenvalue weighted by molar-refractivity contribution is -0.192. The van der Waals surface area contributed by atoms with Crippen LogP contribution in [0.1, 0.15) is 109 Å². The van der Waals surface area contributed by atoms with Crippen LogP contribution >= 0.6 is 33.2 Å². The molecule has 2 unspecified atom stereocenters. The fourth-order valence-electron chi connectivity index (χ4n) is 8.69. The smallest absolute Gasteiger partial charge is 0.407 e. The molecule has 0 spiro atoms. The van der Waals surface area contributed by atoms with Crippen LogP contribution < -0.4 is 10.6 Å². The largest absolute Gasteiger partial charge is 0.466 e. The van der Waals surface area contributed by atoms with Crippen molar-refractivity contribution in [3.63, 3.8) is 0 Å². The summed E-state index contributed by atoms with van der Waals surface area (Å²) in [6, 6.07) is 15.1. The summed E-state index contributed by atoms with van der Waals surface area (Å²) in [7, 11) is 4.42. The third-order valence-corrected chi connectivity index (χ3v) is 14.7. The summed E-state index contributed by atoms with van der Waals surface area (Å²) < 4.78 is 32.6. The monoisotopic (exact) mass is 1070 g/mol. The first kappa shape index (κ1) is 62.1. The Morgan fingerprint density at radius 3 is 2.19 bits per heavy atom. The van der Waals surface area contributed by atoms with Crippen LogP contribution in [0.15, 0.2) is 76.9 Å². The second-order valence-electron chi connectivity index (χ2n) is 17.0. The van der Waals surface area contributed by atoms with Crippen molar-refractivity contribution < 1.29 is 66.8 Å². The number of likely N-dealkylation sites (tertiary alicyclic amines) is 1. The number of methoxy groups -OCH3 is 1. The molecule has 1 aliphatic carbocycles. The second kappa shape index (κ2) is 35.9. The van der Waals surface area contributed by atoms with Crippen molar-refractivity contribution in [1.82, 2.24) is 15.5 Å². The molecule has 4 rings (SSSR count). The molecule has 1 saturated heterocycles. The van der Waals surface area contributed by atoms with Crippen LogP contribution in [0.4, 0.5) is 4.79 Å². The molecule has 20 heteroatoms. The Balaban J connectivity index is 0.00000457. The molecule has 0 radical (unpaired) electrons. The highest BCUT2D eigenvalue weighted by Crippen LogP contribution is 2.45. The quantitative estimate of drug-likeness (QED) is 0.0239. The maximum absolute atomic E-state index is 14.0. The molecule has 1 heterocycles. The van der Waals surface area contributed by atoms with Gasteiger partial charge in [0.25, 0.3) is 0 Å². The molecule has 0 saturated carbocycles. The third-order valence-electron chi connectivity index (χ3n) is 12.0. The Morgan fingerprint density at radius 1 is 0.836 bits per heavy atom. The van der Waals surface area contributed by atoms with Crippen molar-refractivity contribution in [2.75, 3.05) is 71.3 Å². The van der Waals surface area contributed by atoms with Crippen LogP contribution in [0, 0.1) is 0 Å². The van der Waals surface area contributed by atoms with Crippen molar-refractivity contribution >= 4 is 75.2 Å². The molecule has 17 nitrogen and oxygen atoms in total. The number of aryl methyl sites for hydroxylation is 1. The van der Waals surface area contributed by atoms with E-state index in [1.807, 2.05) is 61.5 Å². The molecule has 2 aromatic rings. The van der Waals surface area contributed by atoms with Gasteiger partial charge < -0.3 is 38.6 Å². The van der Waals surface area contributed by atoms with Crippen LogP contribution in [0.3, 0.4) is 0 Å². The highest BCUT2D eigenvalue weighted by molar-refractivity contribution is 8.76. The number of carbonyl (C=O) groups excluding carboxylic acids is 8. The fraction of sp³-hybridized carbons (Fsp3) is 0.566. The lowest BCUT2D eigenvalue weighted by atomic mass is 9.74. The van der Waals surface area contributed by atoms with E-state index in [4.69, 9.17) is 49.6 Å². The van der Waals surface area contributed by atoms with E-state index in [1.54, 1.807) is 18.7 Å². The van der Waals surface area contributed by atoms with Crippen LogP contribution in [0.2, 0.25) is 5.02 Å². The number of ether oxygens (including phenoxy) is 6. The summed E-state index contributed by atoms with van der Waals surface area (Å²) in [5.74, 6) is -0.991. The number of allylic oxidation sites excluding steroid dienone is 2. The topological polar surface area (TPSA) is 219 Å². The predicted octanol–water partition coefficient (Wildman–Crippen LogP) is 8.13. The number of halogens is 1. The highest BCUT2D eigenvalue weighted by Gasteiger charge is 2.39. The number of hydrogen-bond donors (Lipinski definition) is 2. The Hall–Kier alpha value is -5.17. The molecule has 2 N–H and O–H groups in total. The van der Waals surface area contributed by atoms with Gasteiger partial charge in [0.15, 0.2) is 0 Å². The molecule has 4 atom stereocenters. The molecular weight excluding hydrogens is 1000 g/mol. The van der Waals surface area contributed by atoms with Crippen molar-refractivity contribution in [3.05, 3.63) is 93.0 Å². The van der Waals surface area contributed by atoms with Gasteiger partial charge in [-0.1, -0.05) is 99.8 Å². The number of benzene rings is 2. The van der Waals surface area contributed by atoms with Gasteiger partial charge in [-0.15, -0.1) is 0 Å². The first-order valence-electron chi connectivity index (χ1n) is 24.9. The average Bonchev–Trinajstić information content (AvgIpc) is 3.88. The van der Waals surface area contributed by atoms with E-state index in [0.29, 0.717) is 113 Å². The number of alkyl carbamates (subject to hydrolysis) is 1.